The summed E-state index contributed by atoms with van der Waals surface area (Å²) < 4.78 is 10.6. The summed E-state index contributed by atoms with van der Waals surface area (Å²) in [6.45, 7) is 6.11. The predicted octanol–water partition coefficient (Wildman–Crippen LogP) is 5.71. The minimum atomic E-state index is 0.0952. The van der Waals surface area contributed by atoms with Crippen molar-refractivity contribution in [3.8, 4) is 11.5 Å². The van der Waals surface area contributed by atoms with Crippen LogP contribution < -0.4 is 9.47 Å². The molecule has 0 atom stereocenters. The van der Waals surface area contributed by atoms with Gasteiger partial charge in [0.15, 0.2) is 11.5 Å². The maximum atomic E-state index is 12.7. The number of rotatable bonds is 14. The number of ether oxygens (including phenoxy) is 2. The Morgan fingerprint density at radius 2 is 1.48 bits per heavy atom. The number of carbonyl (C=O) groups is 1. The first-order valence-electron chi connectivity index (χ1n) is 10.3. The van der Waals surface area contributed by atoms with E-state index >= 15 is 0 Å². The van der Waals surface area contributed by atoms with Gasteiger partial charge in [-0.3, -0.25) is 4.79 Å². The van der Waals surface area contributed by atoms with E-state index in [1.165, 1.54) is 38.5 Å². The third-order valence-corrected chi connectivity index (χ3v) is 4.70. The topological polar surface area (TPSA) is 38.8 Å². The predicted molar refractivity (Wildman–Crippen MR) is 113 cm³/mol. The molecule has 0 N–H and O–H groups in total. The van der Waals surface area contributed by atoms with Gasteiger partial charge in [0.25, 0.3) is 0 Å². The van der Waals surface area contributed by atoms with Crippen LogP contribution in [0.1, 0.15) is 70.8 Å². The highest BCUT2D eigenvalue weighted by molar-refractivity contribution is 5.91. The highest BCUT2D eigenvalue weighted by Crippen LogP contribution is 2.28. The van der Waals surface area contributed by atoms with Crippen molar-refractivity contribution in [3.63, 3.8) is 0 Å². The molecule has 0 aliphatic rings. The highest BCUT2D eigenvalue weighted by atomic mass is 16.5. The minimum Gasteiger partial charge on any atom is -0.493 e. The zero-order valence-corrected chi connectivity index (χ0v) is 17.6. The van der Waals surface area contributed by atoms with E-state index in [1.54, 1.807) is 20.3 Å². The molecule has 0 spiro atoms. The van der Waals surface area contributed by atoms with Gasteiger partial charge in [-0.05, 0) is 36.6 Å². The lowest BCUT2D eigenvalue weighted by molar-refractivity contribution is -0.126. The molecule has 1 amide bonds. The fourth-order valence-electron chi connectivity index (χ4n) is 3.02. The number of benzene rings is 1. The lowest BCUT2D eigenvalue weighted by Crippen LogP contribution is -2.31. The Bertz CT molecular complexity index is 557. The molecule has 1 aromatic carbocycles. The Hall–Kier alpha value is -1.97. The van der Waals surface area contributed by atoms with Gasteiger partial charge in [0.2, 0.25) is 5.91 Å². The molecule has 27 heavy (non-hydrogen) atoms. The summed E-state index contributed by atoms with van der Waals surface area (Å²) in [7, 11) is 3.23. The maximum absolute atomic E-state index is 12.7. The van der Waals surface area contributed by atoms with Gasteiger partial charge in [0, 0.05) is 19.2 Å². The summed E-state index contributed by atoms with van der Waals surface area (Å²) in [5, 5.41) is 0. The molecule has 0 aromatic heterocycles. The number of carbonyl (C=O) groups excluding carboxylic acids is 1. The molecule has 0 saturated heterocycles. The Labute approximate surface area is 165 Å². The molecule has 4 heteroatoms. The van der Waals surface area contributed by atoms with Crippen LogP contribution in [0.25, 0.3) is 6.08 Å². The lowest BCUT2D eigenvalue weighted by atomic mass is 10.1. The SMILES string of the molecule is CCCCCCN(CCCCCC)C(=O)C=Cc1ccc(OC)c(OC)c1. The van der Waals surface area contributed by atoms with Crippen molar-refractivity contribution >= 4 is 12.0 Å². The van der Waals surface area contributed by atoms with E-state index in [0.717, 1.165) is 31.5 Å². The molecule has 0 aliphatic carbocycles. The van der Waals surface area contributed by atoms with E-state index in [2.05, 4.69) is 13.8 Å². The molecule has 152 valence electrons. The molecule has 1 rings (SSSR count). The minimum absolute atomic E-state index is 0.0952. The van der Waals surface area contributed by atoms with E-state index in [1.807, 2.05) is 29.2 Å². The van der Waals surface area contributed by atoms with Gasteiger partial charge in [-0.2, -0.15) is 0 Å². The first kappa shape index (κ1) is 23.1. The first-order valence-corrected chi connectivity index (χ1v) is 10.3. The van der Waals surface area contributed by atoms with Crippen molar-refractivity contribution in [1.29, 1.82) is 0 Å². The van der Waals surface area contributed by atoms with E-state index in [4.69, 9.17) is 9.47 Å². The second-order valence-corrected chi connectivity index (χ2v) is 6.89. The van der Waals surface area contributed by atoms with Crippen molar-refractivity contribution in [2.24, 2.45) is 0 Å². The zero-order valence-electron chi connectivity index (χ0n) is 17.6. The van der Waals surface area contributed by atoms with Crippen LogP contribution in [0, 0.1) is 0 Å². The number of methoxy groups -OCH3 is 2. The Kier molecular flexibility index (Phi) is 12.1. The molecule has 0 saturated carbocycles. The smallest absolute Gasteiger partial charge is 0.246 e. The van der Waals surface area contributed by atoms with Crippen molar-refractivity contribution in [1.82, 2.24) is 4.90 Å². The van der Waals surface area contributed by atoms with Gasteiger partial charge in [0.1, 0.15) is 0 Å². The van der Waals surface area contributed by atoms with E-state index in [9.17, 15) is 4.79 Å². The highest BCUT2D eigenvalue weighted by Gasteiger charge is 2.10. The summed E-state index contributed by atoms with van der Waals surface area (Å²) in [4.78, 5) is 14.7. The summed E-state index contributed by atoms with van der Waals surface area (Å²) >= 11 is 0. The number of hydrogen-bond donors (Lipinski definition) is 0. The van der Waals surface area contributed by atoms with Crippen LogP contribution in [0.15, 0.2) is 24.3 Å². The van der Waals surface area contributed by atoms with Gasteiger partial charge in [-0.25, -0.2) is 0 Å². The molecule has 0 aliphatic heterocycles. The van der Waals surface area contributed by atoms with E-state index in [0.29, 0.717) is 11.5 Å². The normalized spacial score (nSPS) is 11.0. The van der Waals surface area contributed by atoms with Gasteiger partial charge in [0.05, 0.1) is 14.2 Å². The standard InChI is InChI=1S/C23H37NO3/c1-5-7-9-11-17-24(18-12-10-8-6-2)23(25)16-14-20-13-15-21(26-3)22(19-20)27-4/h13-16,19H,5-12,17-18H2,1-4H3. The van der Waals surface area contributed by atoms with Crippen molar-refractivity contribution in [2.45, 2.75) is 65.2 Å². The summed E-state index contributed by atoms with van der Waals surface area (Å²) in [5.41, 5.74) is 0.929. The summed E-state index contributed by atoms with van der Waals surface area (Å²) in [5.74, 6) is 1.45. The summed E-state index contributed by atoms with van der Waals surface area (Å²) in [6.07, 6.45) is 13.0. The Morgan fingerprint density at radius 3 is 2.00 bits per heavy atom. The van der Waals surface area contributed by atoms with Gasteiger partial charge < -0.3 is 14.4 Å². The van der Waals surface area contributed by atoms with Gasteiger partial charge >= 0.3 is 0 Å². The van der Waals surface area contributed by atoms with Crippen molar-refractivity contribution < 1.29 is 14.3 Å². The Balaban J connectivity index is 2.70. The Morgan fingerprint density at radius 1 is 0.889 bits per heavy atom. The van der Waals surface area contributed by atoms with Crippen molar-refractivity contribution in [3.05, 3.63) is 29.8 Å². The average Bonchev–Trinajstić information content (AvgIpc) is 2.70. The van der Waals surface area contributed by atoms with Crippen LogP contribution in [0.5, 0.6) is 11.5 Å². The zero-order chi connectivity index (χ0) is 19.9. The average molecular weight is 376 g/mol. The molecule has 0 radical (unpaired) electrons. The van der Waals surface area contributed by atoms with Crippen LogP contribution in [0.3, 0.4) is 0 Å². The molecule has 0 heterocycles. The molecule has 4 nitrogen and oxygen atoms in total. The fourth-order valence-corrected chi connectivity index (χ4v) is 3.02. The van der Waals surface area contributed by atoms with Crippen LogP contribution >= 0.6 is 0 Å². The third-order valence-electron chi connectivity index (χ3n) is 4.70. The van der Waals surface area contributed by atoms with Crippen LogP contribution in [0.2, 0.25) is 0 Å². The largest absolute Gasteiger partial charge is 0.493 e. The number of amides is 1. The molecule has 0 bridgehead atoms. The maximum Gasteiger partial charge on any atom is 0.246 e. The molecular formula is C23H37NO3. The lowest BCUT2D eigenvalue weighted by Gasteiger charge is -2.21. The molecule has 1 aromatic rings. The number of nitrogens with zero attached hydrogens (tertiary/aromatic N) is 1. The second kappa shape index (κ2) is 14.1. The van der Waals surface area contributed by atoms with E-state index < -0.39 is 0 Å². The van der Waals surface area contributed by atoms with Crippen LogP contribution in [0.4, 0.5) is 0 Å². The fraction of sp³-hybridized carbons (Fsp3) is 0.609. The summed E-state index contributed by atoms with van der Waals surface area (Å²) in [6, 6.07) is 5.67. The first-order chi connectivity index (χ1) is 13.2. The number of hydrogen-bond acceptors (Lipinski definition) is 3. The second-order valence-electron chi connectivity index (χ2n) is 6.89. The monoisotopic (exact) mass is 375 g/mol. The van der Waals surface area contributed by atoms with Gasteiger partial charge in [-0.15, -0.1) is 0 Å². The van der Waals surface area contributed by atoms with Crippen molar-refractivity contribution in [2.75, 3.05) is 27.3 Å². The quantitative estimate of drug-likeness (QED) is 0.309. The van der Waals surface area contributed by atoms with Crippen LogP contribution in [-0.2, 0) is 4.79 Å². The van der Waals surface area contributed by atoms with Gasteiger partial charge in [-0.1, -0.05) is 58.4 Å². The van der Waals surface area contributed by atoms with E-state index in [-0.39, 0.29) is 5.91 Å². The van der Waals surface area contributed by atoms with Crippen LogP contribution in [-0.4, -0.2) is 38.1 Å². The molecule has 0 fully saturated rings. The number of unbranched alkanes of at least 4 members (excludes halogenated alkanes) is 6. The third kappa shape index (κ3) is 8.98. The molecule has 0 unspecified atom stereocenters. The molecular weight excluding hydrogens is 338 g/mol.